The van der Waals surface area contributed by atoms with Crippen LogP contribution in [0.1, 0.15) is 0 Å². The molecular formula is C12H33BSi3-. The van der Waals surface area contributed by atoms with Gasteiger partial charge in [0.05, 0.1) is 0 Å². The Bertz CT molecular complexity index is 170. The molecule has 0 atom stereocenters. The van der Waals surface area contributed by atoms with Gasteiger partial charge in [0.25, 0.3) is 0 Å². The third-order valence-electron chi connectivity index (χ3n) is 2.70. The molecule has 0 N–H and O–H groups in total. The first-order valence-corrected chi connectivity index (χ1v) is 17.9. The Morgan fingerprint density at radius 2 is 0.688 bits per heavy atom. The van der Waals surface area contributed by atoms with Crippen LogP contribution < -0.4 is 0 Å². The predicted octanol–water partition coefficient (Wildman–Crippen LogP) is 5.11. The minimum atomic E-state index is -0.875. The molecule has 0 aliphatic heterocycles. The van der Waals surface area contributed by atoms with Gasteiger partial charge in [0.2, 0.25) is 0 Å². The van der Waals surface area contributed by atoms with E-state index in [-0.39, 0.29) is 0 Å². The molecule has 0 spiro atoms. The van der Waals surface area contributed by atoms with Crippen LogP contribution in [0.2, 0.25) is 76.8 Å². The number of hydrogen-bond acceptors (Lipinski definition) is 0. The normalized spacial score (nSPS) is 14.6. The van der Waals surface area contributed by atoms with Crippen LogP contribution in [0.5, 0.6) is 0 Å². The lowest BCUT2D eigenvalue weighted by Gasteiger charge is -2.41. The maximum atomic E-state index is 2.54. The number of rotatable bonds is 6. The van der Waals surface area contributed by atoms with Gasteiger partial charge < -0.3 is 0 Å². The average molecular weight is 272 g/mol. The van der Waals surface area contributed by atoms with Gasteiger partial charge in [0.15, 0.2) is 0 Å². The zero-order chi connectivity index (χ0) is 13.2. The molecule has 0 rings (SSSR count). The highest BCUT2D eigenvalue weighted by Crippen LogP contribution is 2.25. The van der Waals surface area contributed by atoms with Crippen LogP contribution in [0.3, 0.4) is 0 Å². The van der Waals surface area contributed by atoms with Crippen molar-refractivity contribution < 1.29 is 0 Å². The van der Waals surface area contributed by atoms with E-state index in [9.17, 15) is 0 Å². The standard InChI is InChI=1S/C12H33BSi3/c1-14(2,3)10-13(11-15(4,5)6)12-16(7,8)9/h10-12H2,1-9H3/q-1. The Morgan fingerprint density at radius 3 is 0.812 bits per heavy atom. The maximum absolute atomic E-state index is 2.54. The Labute approximate surface area is 108 Å². The summed E-state index contributed by atoms with van der Waals surface area (Å²) in [5.74, 6) is 4.67. The Hall–Kier alpha value is 0.716. The Kier molecular flexibility index (Phi) is 5.82. The van der Waals surface area contributed by atoms with Gasteiger partial charge in [0.1, 0.15) is 0 Å². The second kappa shape index (κ2) is 5.57. The minimum absolute atomic E-state index is 0.875. The SMILES string of the molecule is C[Si](C)(C)C[B-](C[Si](C)(C)C)C[Si](C)(C)C. The summed E-state index contributed by atoms with van der Waals surface area (Å²) in [6.07, 6.45) is 0. The van der Waals surface area contributed by atoms with E-state index in [0.29, 0.717) is 0 Å². The van der Waals surface area contributed by atoms with E-state index in [4.69, 9.17) is 0 Å². The third-order valence-corrected chi connectivity index (χ3v) is 8.11. The largest absolute Gasteiger partial charge is 0.213 e. The first kappa shape index (κ1) is 16.7. The summed E-state index contributed by atoms with van der Waals surface area (Å²) in [7, 11) is -2.63. The van der Waals surface area contributed by atoms with E-state index in [0.717, 1.165) is 6.71 Å². The van der Waals surface area contributed by atoms with Crippen molar-refractivity contribution in [2.24, 2.45) is 0 Å². The second-order valence-electron chi connectivity index (χ2n) is 9.16. The molecule has 0 aromatic rings. The summed E-state index contributed by atoms with van der Waals surface area (Å²) in [4.78, 5) is 0. The molecule has 4 heteroatoms. The fourth-order valence-electron chi connectivity index (χ4n) is 2.81. The van der Waals surface area contributed by atoms with Crippen molar-refractivity contribution >= 4 is 30.9 Å². The third kappa shape index (κ3) is 11.2. The summed E-state index contributed by atoms with van der Waals surface area (Å²) in [5, 5.41) is 0. The first-order valence-electron chi connectivity index (χ1n) is 6.79. The second-order valence-corrected chi connectivity index (χ2v) is 25.7. The maximum Gasteiger partial charge on any atom is 0.00718 e. The molecule has 0 unspecified atom stereocenters. The van der Waals surface area contributed by atoms with Crippen LogP contribution in [0.4, 0.5) is 0 Å². The van der Waals surface area contributed by atoms with Crippen molar-refractivity contribution in [3.8, 4) is 0 Å². The van der Waals surface area contributed by atoms with Gasteiger partial charge in [-0.15, -0.1) is 6.71 Å². The minimum Gasteiger partial charge on any atom is -0.213 e. The van der Waals surface area contributed by atoms with Crippen LogP contribution >= 0.6 is 0 Å². The monoisotopic (exact) mass is 272 g/mol. The average Bonchev–Trinajstić information content (AvgIpc) is 1.70. The summed E-state index contributed by atoms with van der Waals surface area (Å²) < 4.78 is 0. The predicted molar refractivity (Wildman–Crippen MR) is 90.2 cm³/mol. The molecule has 16 heavy (non-hydrogen) atoms. The van der Waals surface area contributed by atoms with Crippen molar-refractivity contribution in [1.82, 2.24) is 0 Å². The van der Waals surface area contributed by atoms with E-state index in [1.54, 1.807) is 17.8 Å². The van der Waals surface area contributed by atoms with Crippen LogP contribution in [-0.2, 0) is 0 Å². The van der Waals surface area contributed by atoms with Gasteiger partial charge >= 0.3 is 0 Å². The Balaban J connectivity index is 4.53. The number of hydrogen-bond donors (Lipinski definition) is 0. The van der Waals surface area contributed by atoms with Gasteiger partial charge in [-0.25, -0.2) is 17.8 Å². The smallest absolute Gasteiger partial charge is 0.00718 e. The lowest BCUT2D eigenvalue weighted by atomic mass is 9.56. The fourth-order valence-corrected chi connectivity index (χ4v) is 9.74. The van der Waals surface area contributed by atoms with Crippen LogP contribution in [0, 0.1) is 0 Å². The summed E-state index contributed by atoms with van der Waals surface area (Å²) in [6, 6.07) is 0. The molecule has 0 aromatic heterocycles. The molecule has 0 fully saturated rings. The summed E-state index contributed by atoms with van der Waals surface area (Å²) >= 11 is 0. The zero-order valence-corrected chi connectivity index (χ0v) is 16.2. The van der Waals surface area contributed by atoms with Crippen molar-refractivity contribution in [3.63, 3.8) is 0 Å². The first-order chi connectivity index (χ1) is 6.79. The molecule has 0 aliphatic carbocycles. The lowest BCUT2D eigenvalue weighted by molar-refractivity contribution is 1.46. The van der Waals surface area contributed by atoms with Gasteiger partial charge in [-0.05, 0) is 0 Å². The van der Waals surface area contributed by atoms with Gasteiger partial charge in [-0.2, -0.15) is 0 Å². The molecule has 0 amide bonds. The fraction of sp³-hybridized carbons (Fsp3) is 1.00. The molecule has 0 bridgehead atoms. The van der Waals surface area contributed by atoms with Gasteiger partial charge in [0, 0.05) is 24.2 Å². The van der Waals surface area contributed by atoms with Crippen molar-refractivity contribution in [3.05, 3.63) is 0 Å². The zero-order valence-electron chi connectivity index (χ0n) is 13.2. The van der Waals surface area contributed by atoms with Crippen molar-refractivity contribution in [2.75, 3.05) is 0 Å². The molecule has 0 saturated carbocycles. The quantitative estimate of drug-likeness (QED) is 0.589. The van der Waals surface area contributed by atoms with E-state index < -0.39 is 24.2 Å². The van der Waals surface area contributed by atoms with Crippen LogP contribution in [0.25, 0.3) is 0 Å². The Morgan fingerprint density at radius 1 is 0.500 bits per heavy atom. The molecule has 1 radical (unpaired) electrons. The molecular weight excluding hydrogens is 239 g/mol. The van der Waals surface area contributed by atoms with Crippen LogP contribution in [-0.4, -0.2) is 30.9 Å². The van der Waals surface area contributed by atoms with E-state index in [1.165, 1.54) is 0 Å². The topological polar surface area (TPSA) is 0 Å². The van der Waals surface area contributed by atoms with Crippen LogP contribution in [0.15, 0.2) is 0 Å². The highest BCUT2D eigenvalue weighted by molar-refractivity contribution is 7.00. The van der Waals surface area contributed by atoms with Gasteiger partial charge in [-0.3, -0.25) is 0 Å². The molecule has 0 saturated heterocycles. The molecule has 0 heterocycles. The summed E-state index contributed by atoms with van der Waals surface area (Å²) in [6.45, 7) is 23.9. The highest BCUT2D eigenvalue weighted by atomic mass is 28.3. The van der Waals surface area contributed by atoms with Gasteiger partial charge in [-0.1, -0.05) is 58.9 Å². The van der Waals surface area contributed by atoms with E-state index in [1.807, 2.05) is 0 Å². The van der Waals surface area contributed by atoms with Crippen molar-refractivity contribution in [1.29, 1.82) is 0 Å². The molecule has 0 nitrogen and oxygen atoms in total. The molecule has 0 aromatic carbocycles. The lowest BCUT2D eigenvalue weighted by Crippen LogP contribution is -2.40. The molecule has 97 valence electrons. The van der Waals surface area contributed by atoms with E-state index in [2.05, 4.69) is 58.9 Å². The van der Waals surface area contributed by atoms with Crippen molar-refractivity contribution in [2.45, 2.75) is 76.8 Å². The van der Waals surface area contributed by atoms with E-state index >= 15 is 0 Å². The summed E-state index contributed by atoms with van der Waals surface area (Å²) in [5.41, 5.74) is 0. The molecule has 0 aliphatic rings. The highest BCUT2D eigenvalue weighted by Gasteiger charge is 2.21.